The molecule has 2 aromatic heterocycles. The molecule has 9 heteroatoms. The Morgan fingerprint density at radius 3 is 2.62 bits per heavy atom. The van der Waals surface area contributed by atoms with Gasteiger partial charge in [0.2, 0.25) is 12.7 Å². The molecule has 4 aromatic rings. The summed E-state index contributed by atoms with van der Waals surface area (Å²) < 4.78 is 12.5. The zero-order valence-corrected chi connectivity index (χ0v) is 17.3. The average molecular weight is 428 g/mol. The van der Waals surface area contributed by atoms with Crippen molar-refractivity contribution in [2.24, 2.45) is 0 Å². The Hall–Kier alpha value is -4.40. The minimum absolute atomic E-state index is 0.110. The molecule has 1 aliphatic heterocycles. The smallest absolute Gasteiger partial charge is 0.231 e. The van der Waals surface area contributed by atoms with Gasteiger partial charge in [-0.2, -0.15) is 0 Å². The van der Waals surface area contributed by atoms with Crippen molar-refractivity contribution in [3.05, 3.63) is 78.6 Å². The number of aryl methyl sites for hydroxylation is 1. The average Bonchev–Trinajstić information content (AvgIpc) is 3.43. The Bertz CT molecular complexity index is 1270. The highest BCUT2D eigenvalue weighted by Gasteiger charge is 2.14. The van der Waals surface area contributed by atoms with Gasteiger partial charge in [-0.15, -0.1) is 0 Å². The van der Waals surface area contributed by atoms with Crippen LogP contribution in [0.5, 0.6) is 11.5 Å². The van der Waals surface area contributed by atoms with E-state index in [2.05, 4.69) is 25.6 Å². The van der Waals surface area contributed by atoms with Crippen molar-refractivity contribution < 1.29 is 14.3 Å². The maximum absolute atomic E-state index is 12.4. The van der Waals surface area contributed by atoms with E-state index in [1.54, 1.807) is 6.20 Å². The SMILES string of the molecule is Cc1nccn1-c1cc(Nc2ccc(NC(=O)Cc3ccc4c(c3)OCO4)cc2)ncn1. The topological polar surface area (TPSA) is 103 Å². The number of carbonyl (C=O) groups is 1. The molecule has 0 saturated heterocycles. The van der Waals surface area contributed by atoms with E-state index in [-0.39, 0.29) is 19.1 Å². The number of benzene rings is 2. The van der Waals surface area contributed by atoms with E-state index >= 15 is 0 Å². The fourth-order valence-electron chi connectivity index (χ4n) is 3.39. The molecule has 3 heterocycles. The monoisotopic (exact) mass is 428 g/mol. The fraction of sp³-hybridized carbons (Fsp3) is 0.130. The first-order valence-electron chi connectivity index (χ1n) is 10.0. The highest BCUT2D eigenvalue weighted by atomic mass is 16.7. The van der Waals surface area contributed by atoms with E-state index in [1.165, 1.54) is 6.33 Å². The molecule has 1 aliphatic rings. The maximum atomic E-state index is 12.4. The standard InChI is InChI=1S/C23H20N6O3/c1-15-24-8-9-29(15)22-12-21(25-13-26-22)27-17-3-5-18(6-4-17)28-23(30)11-16-2-7-19-20(10-16)32-14-31-19/h2-10,12-13H,11,14H2,1H3,(H,28,30)(H,25,26,27). The summed E-state index contributed by atoms with van der Waals surface area (Å²) >= 11 is 0. The molecule has 2 N–H and O–H groups in total. The lowest BCUT2D eigenvalue weighted by Gasteiger charge is -2.10. The summed E-state index contributed by atoms with van der Waals surface area (Å²) in [5.41, 5.74) is 2.40. The van der Waals surface area contributed by atoms with E-state index in [0.717, 1.165) is 22.9 Å². The molecule has 0 bridgehead atoms. The van der Waals surface area contributed by atoms with Gasteiger partial charge in [0.25, 0.3) is 0 Å². The van der Waals surface area contributed by atoms with Gasteiger partial charge >= 0.3 is 0 Å². The van der Waals surface area contributed by atoms with Gasteiger partial charge in [0.05, 0.1) is 6.42 Å². The third-order valence-corrected chi connectivity index (χ3v) is 4.97. The van der Waals surface area contributed by atoms with Crippen LogP contribution in [-0.4, -0.2) is 32.2 Å². The van der Waals surface area contributed by atoms with E-state index < -0.39 is 0 Å². The van der Waals surface area contributed by atoms with Crippen LogP contribution in [0.3, 0.4) is 0 Å². The second kappa shape index (κ2) is 8.38. The molecule has 0 saturated carbocycles. The number of rotatable bonds is 6. The predicted octanol–water partition coefficient (Wildman–Crippen LogP) is 3.62. The Labute approximate surface area is 184 Å². The third kappa shape index (κ3) is 4.22. The molecule has 0 radical (unpaired) electrons. The van der Waals surface area contributed by atoms with Gasteiger partial charge in [0, 0.05) is 29.8 Å². The largest absolute Gasteiger partial charge is 0.454 e. The van der Waals surface area contributed by atoms with Gasteiger partial charge in [-0.25, -0.2) is 15.0 Å². The molecule has 0 atom stereocenters. The molecule has 2 aromatic carbocycles. The molecule has 0 spiro atoms. The van der Waals surface area contributed by atoms with Crippen LogP contribution in [0.25, 0.3) is 5.82 Å². The quantitative estimate of drug-likeness (QED) is 0.483. The first-order valence-corrected chi connectivity index (χ1v) is 10.0. The molecule has 32 heavy (non-hydrogen) atoms. The number of fused-ring (bicyclic) bond motifs is 1. The minimum Gasteiger partial charge on any atom is -0.454 e. The van der Waals surface area contributed by atoms with Gasteiger partial charge in [-0.1, -0.05) is 6.07 Å². The summed E-state index contributed by atoms with van der Waals surface area (Å²) in [5, 5.41) is 6.16. The second-order valence-corrected chi connectivity index (χ2v) is 7.22. The van der Waals surface area contributed by atoms with E-state index in [9.17, 15) is 4.79 Å². The molecular weight excluding hydrogens is 408 g/mol. The first kappa shape index (κ1) is 19.6. The zero-order chi connectivity index (χ0) is 21.9. The lowest BCUT2D eigenvalue weighted by Crippen LogP contribution is -2.14. The summed E-state index contributed by atoms with van der Waals surface area (Å²) in [6.07, 6.45) is 5.32. The van der Waals surface area contributed by atoms with Crippen LogP contribution < -0.4 is 20.1 Å². The number of imidazole rings is 1. The van der Waals surface area contributed by atoms with E-state index in [1.807, 2.05) is 66.2 Å². The Kier molecular flexibility index (Phi) is 5.12. The van der Waals surface area contributed by atoms with Crippen LogP contribution >= 0.6 is 0 Å². The number of hydrogen-bond acceptors (Lipinski definition) is 7. The van der Waals surface area contributed by atoms with Crippen molar-refractivity contribution in [2.45, 2.75) is 13.3 Å². The van der Waals surface area contributed by atoms with Crippen molar-refractivity contribution >= 4 is 23.1 Å². The van der Waals surface area contributed by atoms with E-state index in [4.69, 9.17) is 9.47 Å². The molecule has 5 rings (SSSR count). The van der Waals surface area contributed by atoms with Crippen LogP contribution in [0, 0.1) is 6.92 Å². The Balaban J connectivity index is 1.21. The van der Waals surface area contributed by atoms with Gasteiger partial charge in [-0.05, 0) is 48.9 Å². The third-order valence-electron chi connectivity index (χ3n) is 4.97. The van der Waals surface area contributed by atoms with E-state index in [0.29, 0.717) is 23.0 Å². The van der Waals surface area contributed by atoms with Gasteiger partial charge < -0.3 is 20.1 Å². The Morgan fingerprint density at radius 2 is 1.81 bits per heavy atom. The van der Waals surface area contributed by atoms with Crippen molar-refractivity contribution in [1.82, 2.24) is 19.5 Å². The number of carbonyl (C=O) groups excluding carboxylic acids is 1. The maximum Gasteiger partial charge on any atom is 0.231 e. The molecule has 9 nitrogen and oxygen atoms in total. The van der Waals surface area contributed by atoms with Crippen LogP contribution in [-0.2, 0) is 11.2 Å². The molecule has 0 unspecified atom stereocenters. The van der Waals surface area contributed by atoms with Crippen molar-refractivity contribution in [3.63, 3.8) is 0 Å². The molecule has 1 amide bonds. The van der Waals surface area contributed by atoms with Crippen molar-refractivity contribution in [3.8, 4) is 17.3 Å². The summed E-state index contributed by atoms with van der Waals surface area (Å²) in [6.45, 7) is 2.12. The summed E-state index contributed by atoms with van der Waals surface area (Å²) in [4.78, 5) is 25.2. The number of aromatic nitrogens is 4. The summed E-state index contributed by atoms with van der Waals surface area (Å²) in [7, 11) is 0. The molecule has 0 fully saturated rings. The van der Waals surface area contributed by atoms with Crippen molar-refractivity contribution in [1.29, 1.82) is 0 Å². The normalized spacial score (nSPS) is 11.9. The highest BCUT2D eigenvalue weighted by Crippen LogP contribution is 2.32. The molecule has 160 valence electrons. The summed E-state index contributed by atoms with van der Waals surface area (Å²) in [6, 6.07) is 14.8. The number of ether oxygens (including phenoxy) is 2. The van der Waals surface area contributed by atoms with Crippen LogP contribution in [0.15, 0.2) is 67.3 Å². The fourth-order valence-corrected chi connectivity index (χ4v) is 3.39. The number of hydrogen-bond donors (Lipinski definition) is 2. The number of amides is 1. The minimum atomic E-state index is -0.110. The van der Waals surface area contributed by atoms with Gasteiger partial charge in [-0.3, -0.25) is 9.36 Å². The number of anilines is 3. The van der Waals surface area contributed by atoms with Gasteiger partial charge in [0.15, 0.2) is 11.5 Å². The predicted molar refractivity (Wildman–Crippen MR) is 119 cm³/mol. The van der Waals surface area contributed by atoms with Crippen LogP contribution in [0.1, 0.15) is 11.4 Å². The first-order chi connectivity index (χ1) is 15.6. The lowest BCUT2D eigenvalue weighted by molar-refractivity contribution is -0.115. The molecule has 0 aliphatic carbocycles. The highest BCUT2D eigenvalue weighted by molar-refractivity contribution is 5.92. The Morgan fingerprint density at radius 1 is 1.00 bits per heavy atom. The number of nitrogens with one attached hydrogen (secondary N) is 2. The zero-order valence-electron chi connectivity index (χ0n) is 17.3. The number of nitrogens with zero attached hydrogens (tertiary/aromatic N) is 4. The van der Waals surface area contributed by atoms with Crippen LogP contribution in [0.2, 0.25) is 0 Å². The second-order valence-electron chi connectivity index (χ2n) is 7.22. The van der Waals surface area contributed by atoms with Gasteiger partial charge in [0.1, 0.15) is 23.8 Å². The van der Waals surface area contributed by atoms with Crippen molar-refractivity contribution in [2.75, 3.05) is 17.4 Å². The molecular formula is C23H20N6O3. The van der Waals surface area contributed by atoms with Crippen LogP contribution in [0.4, 0.5) is 17.2 Å². The summed E-state index contributed by atoms with van der Waals surface area (Å²) in [5.74, 6) is 3.49. The lowest BCUT2D eigenvalue weighted by atomic mass is 10.1.